The Bertz CT molecular complexity index is 393. The lowest BCUT2D eigenvalue weighted by Crippen LogP contribution is -1.98. The molecule has 1 atom stereocenters. The topological polar surface area (TPSA) is 18.5 Å². The molecule has 0 heterocycles. The standard InChI is InChI=1S/C12H13BrO2/c1-5-8(2)10-6-9(13)7-11(14-3)12(10)15-4/h1,6-8H,2-4H3. The highest BCUT2D eigenvalue weighted by molar-refractivity contribution is 9.10. The Balaban J connectivity index is 3.36. The Labute approximate surface area is 98.7 Å². The zero-order valence-electron chi connectivity index (χ0n) is 9.00. The molecule has 0 aromatic heterocycles. The van der Waals surface area contributed by atoms with Crippen LogP contribution in [0.15, 0.2) is 16.6 Å². The van der Waals surface area contributed by atoms with Crippen molar-refractivity contribution in [2.24, 2.45) is 0 Å². The molecule has 0 saturated carbocycles. The maximum Gasteiger partial charge on any atom is 0.165 e. The van der Waals surface area contributed by atoms with Crippen LogP contribution in [-0.2, 0) is 0 Å². The Morgan fingerprint density at radius 1 is 1.33 bits per heavy atom. The van der Waals surface area contributed by atoms with Crippen molar-refractivity contribution < 1.29 is 9.47 Å². The molecule has 15 heavy (non-hydrogen) atoms. The van der Waals surface area contributed by atoms with E-state index in [4.69, 9.17) is 15.9 Å². The van der Waals surface area contributed by atoms with Gasteiger partial charge in [0.1, 0.15) is 0 Å². The zero-order valence-corrected chi connectivity index (χ0v) is 10.6. The van der Waals surface area contributed by atoms with Gasteiger partial charge in [-0.3, -0.25) is 0 Å². The van der Waals surface area contributed by atoms with E-state index >= 15 is 0 Å². The van der Waals surface area contributed by atoms with Gasteiger partial charge in [-0.05, 0) is 19.1 Å². The predicted octanol–water partition coefficient (Wildman–Crippen LogP) is 3.20. The number of methoxy groups -OCH3 is 2. The molecule has 1 aromatic carbocycles. The fraction of sp³-hybridized carbons (Fsp3) is 0.333. The maximum absolute atomic E-state index is 5.41. The molecule has 3 heteroatoms. The lowest BCUT2D eigenvalue weighted by atomic mass is 10.0. The summed E-state index contributed by atoms with van der Waals surface area (Å²) >= 11 is 3.41. The molecular weight excluding hydrogens is 256 g/mol. The first kappa shape index (κ1) is 11.9. The van der Waals surface area contributed by atoms with Gasteiger partial charge < -0.3 is 9.47 Å². The quantitative estimate of drug-likeness (QED) is 0.784. The van der Waals surface area contributed by atoms with Crippen LogP contribution >= 0.6 is 15.9 Å². The van der Waals surface area contributed by atoms with Crippen LogP contribution in [0.2, 0.25) is 0 Å². The largest absolute Gasteiger partial charge is 0.493 e. The molecule has 0 aliphatic carbocycles. The zero-order chi connectivity index (χ0) is 11.4. The second-order valence-electron chi connectivity index (χ2n) is 3.12. The number of ether oxygens (including phenoxy) is 2. The molecule has 0 aliphatic heterocycles. The molecular formula is C12H13BrO2. The van der Waals surface area contributed by atoms with Gasteiger partial charge >= 0.3 is 0 Å². The molecule has 0 fully saturated rings. The second-order valence-corrected chi connectivity index (χ2v) is 4.03. The summed E-state index contributed by atoms with van der Waals surface area (Å²) in [6.07, 6.45) is 5.41. The van der Waals surface area contributed by atoms with Crippen LogP contribution in [0, 0.1) is 12.3 Å². The maximum atomic E-state index is 5.41. The van der Waals surface area contributed by atoms with Crippen molar-refractivity contribution in [1.82, 2.24) is 0 Å². The third kappa shape index (κ3) is 2.45. The van der Waals surface area contributed by atoms with E-state index in [9.17, 15) is 0 Å². The van der Waals surface area contributed by atoms with Crippen LogP contribution in [0.1, 0.15) is 18.4 Å². The lowest BCUT2D eigenvalue weighted by Gasteiger charge is -2.15. The number of hydrogen-bond acceptors (Lipinski definition) is 2. The van der Waals surface area contributed by atoms with Crippen LogP contribution in [0.4, 0.5) is 0 Å². The monoisotopic (exact) mass is 268 g/mol. The first-order valence-corrected chi connectivity index (χ1v) is 5.30. The van der Waals surface area contributed by atoms with Crippen LogP contribution in [-0.4, -0.2) is 14.2 Å². The van der Waals surface area contributed by atoms with Crippen LogP contribution in [0.25, 0.3) is 0 Å². The van der Waals surface area contributed by atoms with E-state index in [0.717, 1.165) is 10.0 Å². The molecule has 1 aromatic rings. The first-order valence-electron chi connectivity index (χ1n) is 4.51. The van der Waals surface area contributed by atoms with Crippen LogP contribution in [0.3, 0.4) is 0 Å². The van der Waals surface area contributed by atoms with Gasteiger partial charge in [0, 0.05) is 16.0 Å². The van der Waals surface area contributed by atoms with Crippen molar-refractivity contribution in [3.63, 3.8) is 0 Å². The van der Waals surface area contributed by atoms with Gasteiger partial charge in [0.05, 0.1) is 14.2 Å². The van der Waals surface area contributed by atoms with Crippen molar-refractivity contribution in [2.45, 2.75) is 12.8 Å². The molecule has 1 rings (SSSR count). The average molecular weight is 269 g/mol. The second kappa shape index (κ2) is 5.09. The molecule has 0 N–H and O–H groups in total. The normalized spacial score (nSPS) is 11.7. The van der Waals surface area contributed by atoms with E-state index in [0.29, 0.717) is 11.5 Å². The summed E-state index contributed by atoms with van der Waals surface area (Å²) in [5.41, 5.74) is 0.950. The molecule has 0 saturated heterocycles. The molecule has 0 amide bonds. The van der Waals surface area contributed by atoms with Gasteiger partial charge in [0.25, 0.3) is 0 Å². The van der Waals surface area contributed by atoms with E-state index in [-0.39, 0.29) is 5.92 Å². The highest BCUT2D eigenvalue weighted by Crippen LogP contribution is 2.38. The molecule has 1 unspecified atom stereocenters. The van der Waals surface area contributed by atoms with Crippen molar-refractivity contribution in [3.8, 4) is 23.8 Å². The third-order valence-electron chi connectivity index (χ3n) is 2.19. The number of halogens is 1. The van der Waals surface area contributed by atoms with E-state index in [1.807, 2.05) is 19.1 Å². The summed E-state index contributed by atoms with van der Waals surface area (Å²) in [6, 6.07) is 3.80. The summed E-state index contributed by atoms with van der Waals surface area (Å²) < 4.78 is 11.5. The van der Waals surface area contributed by atoms with Crippen LogP contribution in [0.5, 0.6) is 11.5 Å². The van der Waals surface area contributed by atoms with Crippen molar-refractivity contribution in [2.75, 3.05) is 14.2 Å². The number of hydrogen-bond donors (Lipinski definition) is 0. The van der Waals surface area contributed by atoms with Crippen LogP contribution < -0.4 is 9.47 Å². The van der Waals surface area contributed by atoms with Gasteiger partial charge in [-0.1, -0.05) is 21.9 Å². The minimum atomic E-state index is -0.00801. The number of terminal acetylenes is 1. The third-order valence-corrected chi connectivity index (χ3v) is 2.65. The Kier molecular flexibility index (Phi) is 4.05. The summed E-state index contributed by atoms with van der Waals surface area (Å²) in [6.45, 7) is 1.95. The summed E-state index contributed by atoms with van der Waals surface area (Å²) in [5.74, 6) is 4.05. The summed E-state index contributed by atoms with van der Waals surface area (Å²) in [7, 11) is 3.22. The van der Waals surface area contributed by atoms with Crippen molar-refractivity contribution in [1.29, 1.82) is 0 Å². The highest BCUT2D eigenvalue weighted by atomic mass is 79.9. The minimum Gasteiger partial charge on any atom is -0.493 e. The highest BCUT2D eigenvalue weighted by Gasteiger charge is 2.15. The molecule has 0 aliphatic rings. The molecule has 80 valence electrons. The van der Waals surface area contributed by atoms with Crippen molar-refractivity contribution >= 4 is 15.9 Å². The molecule has 2 nitrogen and oxygen atoms in total. The minimum absolute atomic E-state index is 0.00801. The van der Waals surface area contributed by atoms with Gasteiger partial charge in [-0.25, -0.2) is 0 Å². The lowest BCUT2D eigenvalue weighted by molar-refractivity contribution is 0.351. The fourth-order valence-electron chi connectivity index (χ4n) is 1.37. The van der Waals surface area contributed by atoms with E-state index in [1.54, 1.807) is 14.2 Å². The number of benzene rings is 1. The van der Waals surface area contributed by atoms with E-state index in [2.05, 4.69) is 21.9 Å². The molecule has 0 bridgehead atoms. The SMILES string of the molecule is C#CC(C)c1cc(Br)cc(OC)c1OC. The van der Waals surface area contributed by atoms with Gasteiger partial charge in [0.15, 0.2) is 11.5 Å². The van der Waals surface area contributed by atoms with Crippen molar-refractivity contribution in [3.05, 3.63) is 22.2 Å². The average Bonchev–Trinajstić information content (AvgIpc) is 2.26. The Hall–Kier alpha value is -1.14. The van der Waals surface area contributed by atoms with Gasteiger partial charge in [-0.15, -0.1) is 6.42 Å². The van der Waals surface area contributed by atoms with Gasteiger partial charge in [0.2, 0.25) is 0 Å². The fourth-order valence-corrected chi connectivity index (χ4v) is 1.82. The van der Waals surface area contributed by atoms with Gasteiger partial charge in [-0.2, -0.15) is 0 Å². The molecule has 0 radical (unpaired) electrons. The summed E-state index contributed by atoms with van der Waals surface area (Å²) in [5, 5.41) is 0. The predicted molar refractivity (Wildman–Crippen MR) is 64.5 cm³/mol. The van der Waals surface area contributed by atoms with E-state index in [1.165, 1.54) is 0 Å². The molecule has 0 spiro atoms. The first-order chi connectivity index (χ1) is 7.13. The summed E-state index contributed by atoms with van der Waals surface area (Å²) in [4.78, 5) is 0. The smallest absolute Gasteiger partial charge is 0.165 e. The van der Waals surface area contributed by atoms with E-state index < -0.39 is 0 Å². The number of rotatable bonds is 3. The Morgan fingerprint density at radius 3 is 2.47 bits per heavy atom. The Morgan fingerprint density at radius 2 is 2.00 bits per heavy atom.